The minimum absolute atomic E-state index is 0.480. The lowest BCUT2D eigenvalue weighted by atomic mass is 10.1. The number of nitrogen functional groups attached to an aromatic ring is 1. The largest absolute Gasteiger partial charge is 0.384 e. The molecule has 4 N–H and O–H groups in total. The van der Waals surface area contributed by atoms with Gasteiger partial charge in [-0.3, -0.25) is 5.01 Å². The van der Waals surface area contributed by atoms with Crippen molar-refractivity contribution >= 4 is 34.2 Å². The fourth-order valence-corrected chi connectivity index (χ4v) is 3.59. The highest BCUT2D eigenvalue weighted by Crippen LogP contribution is 2.22. The standard InChI is InChI=1S/C26H23N7/c1-17-10-12-22(21-11-13-25(27)28-15-21)32-33(17)16-19-6-5-7-20(14-19)18(2)29-26-30-23-8-3-4-9-24(23)31-26/h3-15H,1-2,16H2,(H2,27,28)(H2,29,30,31). The van der Waals surface area contributed by atoms with Crippen LogP contribution < -0.4 is 11.1 Å². The Morgan fingerprint density at radius 2 is 1.94 bits per heavy atom. The monoisotopic (exact) mass is 433 g/mol. The van der Waals surface area contributed by atoms with Gasteiger partial charge in [-0.05, 0) is 53.6 Å². The Kier molecular flexibility index (Phi) is 5.20. The molecule has 0 radical (unpaired) electrons. The summed E-state index contributed by atoms with van der Waals surface area (Å²) in [5, 5.41) is 9.90. The topological polar surface area (TPSA) is 95.2 Å². The number of nitrogens with zero attached hydrogens (tertiary/aromatic N) is 4. The van der Waals surface area contributed by atoms with Crippen molar-refractivity contribution in [1.29, 1.82) is 0 Å². The van der Waals surface area contributed by atoms with Crippen LogP contribution in [0.4, 0.5) is 11.8 Å². The number of nitrogens with one attached hydrogen (secondary N) is 2. The molecule has 0 saturated carbocycles. The Balaban J connectivity index is 1.33. The first-order chi connectivity index (χ1) is 16.0. The van der Waals surface area contributed by atoms with Crippen LogP contribution in [0.25, 0.3) is 16.7 Å². The predicted molar refractivity (Wildman–Crippen MR) is 134 cm³/mol. The van der Waals surface area contributed by atoms with Crippen LogP contribution in [0.2, 0.25) is 0 Å². The molecule has 0 bridgehead atoms. The van der Waals surface area contributed by atoms with Crippen LogP contribution >= 0.6 is 0 Å². The fourth-order valence-electron chi connectivity index (χ4n) is 3.59. The Labute approximate surface area is 191 Å². The first-order valence-electron chi connectivity index (χ1n) is 10.5. The maximum Gasteiger partial charge on any atom is 0.205 e. The fraction of sp³-hybridized carbons (Fsp3) is 0.0385. The molecule has 0 atom stereocenters. The molecule has 162 valence electrons. The third kappa shape index (κ3) is 4.38. The lowest BCUT2D eigenvalue weighted by molar-refractivity contribution is 0.367. The predicted octanol–water partition coefficient (Wildman–Crippen LogP) is 4.91. The van der Waals surface area contributed by atoms with Crippen LogP contribution in [0.3, 0.4) is 0 Å². The molecule has 3 heterocycles. The highest BCUT2D eigenvalue weighted by atomic mass is 15.5. The quantitative estimate of drug-likeness (QED) is 0.401. The number of aromatic nitrogens is 3. The van der Waals surface area contributed by atoms with E-state index in [1.807, 2.05) is 59.6 Å². The summed E-state index contributed by atoms with van der Waals surface area (Å²) in [6, 6.07) is 19.7. The van der Waals surface area contributed by atoms with Crippen LogP contribution in [-0.2, 0) is 6.54 Å². The van der Waals surface area contributed by atoms with Gasteiger partial charge in [-0.1, -0.05) is 43.5 Å². The average Bonchev–Trinajstić information content (AvgIpc) is 3.23. The summed E-state index contributed by atoms with van der Waals surface area (Å²) in [7, 11) is 0. The molecular weight excluding hydrogens is 410 g/mol. The molecule has 4 aromatic rings. The van der Waals surface area contributed by atoms with Gasteiger partial charge >= 0.3 is 0 Å². The molecule has 0 spiro atoms. The van der Waals surface area contributed by atoms with Gasteiger partial charge in [-0.15, -0.1) is 0 Å². The normalized spacial score (nSPS) is 13.3. The van der Waals surface area contributed by atoms with Gasteiger partial charge in [0.05, 0.1) is 29.0 Å². The number of nitrogens with two attached hydrogens (primary N) is 1. The number of hydrogen-bond donors (Lipinski definition) is 3. The van der Waals surface area contributed by atoms with E-state index in [1.165, 1.54) is 0 Å². The summed E-state index contributed by atoms with van der Waals surface area (Å²) in [6.45, 7) is 8.89. The van der Waals surface area contributed by atoms with Gasteiger partial charge in [0.25, 0.3) is 0 Å². The molecule has 5 rings (SSSR count). The van der Waals surface area contributed by atoms with Gasteiger partial charge in [-0.25, -0.2) is 9.97 Å². The number of allylic oxidation sites excluding steroid dienone is 2. The maximum atomic E-state index is 5.70. The van der Waals surface area contributed by atoms with Crippen molar-refractivity contribution in [2.75, 3.05) is 11.1 Å². The van der Waals surface area contributed by atoms with E-state index in [0.717, 1.165) is 44.8 Å². The molecule has 2 aromatic carbocycles. The van der Waals surface area contributed by atoms with Gasteiger partial charge in [-0.2, -0.15) is 5.10 Å². The SMILES string of the molecule is C=C(Nc1nc2ccccc2[nH]1)c1cccc(CN2N=C(c3ccc(N)nc3)C=CC2=C)c1. The first-order valence-corrected chi connectivity index (χ1v) is 10.5. The summed E-state index contributed by atoms with van der Waals surface area (Å²) in [6.07, 6.45) is 5.60. The second-order valence-corrected chi connectivity index (χ2v) is 7.75. The highest BCUT2D eigenvalue weighted by Gasteiger charge is 2.14. The molecule has 0 fully saturated rings. The summed E-state index contributed by atoms with van der Waals surface area (Å²) >= 11 is 0. The lowest BCUT2D eigenvalue weighted by Crippen LogP contribution is -2.21. The zero-order valence-corrected chi connectivity index (χ0v) is 18.0. The second-order valence-electron chi connectivity index (χ2n) is 7.75. The van der Waals surface area contributed by atoms with Crippen molar-refractivity contribution < 1.29 is 0 Å². The van der Waals surface area contributed by atoms with Crippen molar-refractivity contribution in [2.24, 2.45) is 5.10 Å². The molecule has 0 amide bonds. The Hall–Kier alpha value is -4.65. The third-order valence-electron chi connectivity index (χ3n) is 5.34. The van der Waals surface area contributed by atoms with Gasteiger partial charge < -0.3 is 16.0 Å². The molecular formula is C26H23N7. The van der Waals surface area contributed by atoms with E-state index in [9.17, 15) is 0 Å². The molecule has 0 saturated heterocycles. The second kappa shape index (κ2) is 8.47. The van der Waals surface area contributed by atoms with Gasteiger partial charge in [0.2, 0.25) is 5.95 Å². The van der Waals surface area contributed by atoms with E-state index in [2.05, 4.69) is 45.6 Å². The van der Waals surface area contributed by atoms with E-state index in [0.29, 0.717) is 18.3 Å². The molecule has 0 unspecified atom stereocenters. The smallest absolute Gasteiger partial charge is 0.205 e. The number of rotatable bonds is 6. The maximum absolute atomic E-state index is 5.70. The minimum Gasteiger partial charge on any atom is -0.384 e. The van der Waals surface area contributed by atoms with E-state index in [4.69, 9.17) is 10.8 Å². The minimum atomic E-state index is 0.480. The number of pyridine rings is 1. The van der Waals surface area contributed by atoms with Crippen molar-refractivity contribution in [2.45, 2.75) is 6.54 Å². The van der Waals surface area contributed by atoms with E-state index in [1.54, 1.807) is 12.3 Å². The van der Waals surface area contributed by atoms with Crippen molar-refractivity contribution in [1.82, 2.24) is 20.0 Å². The zero-order valence-electron chi connectivity index (χ0n) is 18.0. The molecule has 7 nitrogen and oxygen atoms in total. The molecule has 0 aliphatic carbocycles. The van der Waals surface area contributed by atoms with Gasteiger partial charge in [0.1, 0.15) is 5.82 Å². The van der Waals surface area contributed by atoms with E-state index >= 15 is 0 Å². The summed E-state index contributed by atoms with van der Waals surface area (Å²) < 4.78 is 0. The number of anilines is 2. The summed E-state index contributed by atoms with van der Waals surface area (Å²) in [5.74, 6) is 1.14. The number of H-pyrrole nitrogens is 1. The number of para-hydroxylation sites is 2. The number of hydrogen-bond acceptors (Lipinski definition) is 6. The first kappa shape index (κ1) is 20.3. The molecule has 7 heteroatoms. The number of imidazole rings is 1. The highest BCUT2D eigenvalue weighted by molar-refractivity contribution is 6.09. The van der Waals surface area contributed by atoms with E-state index in [-0.39, 0.29) is 0 Å². The molecule has 33 heavy (non-hydrogen) atoms. The van der Waals surface area contributed by atoms with Crippen LogP contribution in [0.1, 0.15) is 16.7 Å². The van der Waals surface area contributed by atoms with Gasteiger partial charge in [0, 0.05) is 17.5 Å². The summed E-state index contributed by atoms with van der Waals surface area (Å²) in [5.41, 5.74) is 12.9. The number of aromatic amines is 1. The lowest BCUT2D eigenvalue weighted by Gasteiger charge is -2.24. The Bertz CT molecular complexity index is 1380. The van der Waals surface area contributed by atoms with E-state index < -0.39 is 0 Å². The Morgan fingerprint density at radius 3 is 2.76 bits per heavy atom. The van der Waals surface area contributed by atoms with Crippen molar-refractivity contribution in [3.05, 3.63) is 115 Å². The zero-order chi connectivity index (χ0) is 22.8. The number of hydrazone groups is 1. The van der Waals surface area contributed by atoms with Crippen LogP contribution in [-0.4, -0.2) is 25.7 Å². The molecule has 1 aliphatic rings. The number of benzene rings is 2. The average molecular weight is 434 g/mol. The Morgan fingerprint density at radius 1 is 1.06 bits per heavy atom. The molecule has 1 aliphatic heterocycles. The van der Waals surface area contributed by atoms with Crippen molar-refractivity contribution in [3.8, 4) is 0 Å². The molecule has 2 aromatic heterocycles. The summed E-state index contributed by atoms with van der Waals surface area (Å²) in [4.78, 5) is 12.0. The van der Waals surface area contributed by atoms with Crippen LogP contribution in [0.15, 0.2) is 103 Å². The van der Waals surface area contributed by atoms with Gasteiger partial charge in [0.15, 0.2) is 0 Å². The van der Waals surface area contributed by atoms with Crippen LogP contribution in [0.5, 0.6) is 0 Å². The van der Waals surface area contributed by atoms with Crippen molar-refractivity contribution in [3.63, 3.8) is 0 Å². The third-order valence-corrected chi connectivity index (χ3v) is 5.34. The van der Waals surface area contributed by atoms with Crippen LogP contribution in [0, 0.1) is 0 Å². The number of fused-ring (bicyclic) bond motifs is 1.